The molecule has 6 heteroatoms. The lowest BCUT2D eigenvalue weighted by Gasteiger charge is -2.22. The second-order valence-electron chi connectivity index (χ2n) is 4.59. The van der Waals surface area contributed by atoms with Crippen LogP contribution in [-0.2, 0) is 4.79 Å². The summed E-state index contributed by atoms with van der Waals surface area (Å²) in [5, 5.41) is 2.83. The Kier molecular flexibility index (Phi) is 2.50. The van der Waals surface area contributed by atoms with Gasteiger partial charge in [-0.2, -0.15) is 0 Å². The maximum absolute atomic E-state index is 13.5. The molecule has 94 valence electrons. The summed E-state index contributed by atoms with van der Waals surface area (Å²) < 4.78 is 13.5. The largest absolute Gasteiger partial charge is 0.351 e. The summed E-state index contributed by atoms with van der Waals surface area (Å²) in [7, 11) is 0. The molecule has 0 saturated carbocycles. The van der Waals surface area contributed by atoms with Gasteiger partial charge in [-0.3, -0.25) is 14.6 Å². The maximum atomic E-state index is 13.5. The van der Waals surface area contributed by atoms with Gasteiger partial charge in [0.1, 0.15) is 0 Å². The first kappa shape index (κ1) is 11.1. The molecule has 1 N–H and O–H groups in total. The molecule has 2 amide bonds. The van der Waals surface area contributed by atoms with Crippen LogP contribution in [0.25, 0.3) is 0 Å². The van der Waals surface area contributed by atoms with E-state index in [1.165, 1.54) is 12.3 Å². The van der Waals surface area contributed by atoms with Gasteiger partial charge in [-0.05, 0) is 12.5 Å². The molecule has 2 atom stereocenters. The molecule has 0 spiro atoms. The zero-order valence-electron chi connectivity index (χ0n) is 9.60. The molecule has 2 saturated heterocycles. The Hall–Kier alpha value is -1.98. The minimum atomic E-state index is -0.622. The first-order valence-corrected chi connectivity index (χ1v) is 5.86. The molecule has 1 aromatic rings. The molecule has 18 heavy (non-hydrogen) atoms. The Labute approximate surface area is 103 Å². The van der Waals surface area contributed by atoms with Crippen LogP contribution in [0.3, 0.4) is 0 Å². The van der Waals surface area contributed by atoms with Crippen LogP contribution in [0.5, 0.6) is 0 Å². The number of nitrogens with zero attached hydrogens (tertiary/aromatic N) is 2. The smallest absolute Gasteiger partial charge is 0.257 e. The van der Waals surface area contributed by atoms with Crippen molar-refractivity contribution in [2.24, 2.45) is 0 Å². The third-order valence-electron chi connectivity index (χ3n) is 3.55. The molecule has 0 bridgehead atoms. The topological polar surface area (TPSA) is 62.3 Å². The molecule has 2 aliphatic heterocycles. The van der Waals surface area contributed by atoms with Gasteiger partial charge in [-0.25, -0.2) is 4.39 Å². The van der Waals surface area contributed by atoms with Crippen LogP contribution in [0.4, 0.5) is 4.39 Å². The number of nitrogens with one attached hydrogen (secondary N) is 1. The number of fused-ring (bicyclic) bond motifs is 1. The standard InChI is InChI=1S/C12H12FN3O2/c13-8-6-14-3-1-7(8)12(18)16-4-2-9-10(16)5-11(17)15-9/h1,3,6,9-10H,2,4-5H2,(H,15,17)/t9-,10+/m1/s1. The maximum Gasteiger partial charge on any atom is 0.257 e. The summed E-state index contributed by atoms with van der Waals surface area (Å²) in [6.07, 6.45) is 3.46. The Bertz CT molecular complexity index is 520. The number of aromatic nitrogens is 1. The van der Waals surface area contributed by atoms with Gasteiger partial charge in [0.25, 0.3) is 5.91 Å². The lowest BCUT2D eigenvalue weighted by molar-refractivity contribution is -0.119. The van der Waals surface area contributed by atoms with Crippen molar-refractivity contribution in [3.05, 3.63) is 29.8 Å². The Balaban J connectivity index is 1.86. The van der Waals surface area contributed by atoms with Crippen molar-refractivity contribution in [3.63, 3.8) is 0 Å². The van der Waals surface area contributed by atoms with Crippen LogP contribution in [0.15, 0.2) is 18.5 Å². The van der Waals surface area contributed by atoms with Crippen LogP contribution in [0, 0.1) is 5.82 Å². The summed E-state index contributed by atoms with van der Waals surface area (Å²) in [6, 6.07) is 1.25. The molecular weight excluding hydrogens is 237 g/mol. The van der Waals surface area contributed by atoms with E-state index in [1.54, 1.807) is 4.90 Å². The summed E-state index contributed by atoms with van der Waals surface area (Å²) in [5.74, 6) is -1.03. The Morgan fingerprint density at radius 2 is 2.39 bits per heavy atom. The highest BCUT2D eigenvalue weighted by molar-refractivity contribution is 5.95. The van der Waals surface area contributed by atoms with Crippen molar-refractivity contribution in [3.8, 4) is 0 Å². The van der Waals surface area contributed by atoms with Crippen LogP contribution >= 0.6 is 0 Å². The van der Waals surface area contributed by atoms with E-state index in [-0.39, 0.29) is 29.5 Å². The highest BCUT2D eigenvalue weighted by Gasteiger charge is 2.43. The summed E-state index contributed by atoms with van der Waals surface area (Å²) in [4.78, 5) is 28.7. The van der Waals surface area contributed by atoms with E-state index < -0.39 is 5.82 Å². The predicted octanol–water partition coefficient (Wildman–Crippen LogP) is 0.324. The van der Waals surface area contributed by atoms with Gasteiger partial charge in [0, 0.05) is 19.2 Å². The minimum Gasteiger partial charge on any atom is -0.351 e. The normalized spacial score (nSPS) is 26.1. The molecule has 2 aliphatic rings. The van der Waals surface area contributed by atoms with Gasteiger partial charge < -0.3 is 10.2 Å². The van der Waals surface area contributed by atoms with Crippen molar-refractivity contribution < 1.29 is 14.0 Å². The van der Waals surface area contributed by atoms with Crippen LogP contribution in [-0.4, -0.2) is 40.3 Å². The monoisotopic (exact) mass is 249 g/mol. The molecule has 1 aromatic heterocycles. The molecule has 3 rings (SSSR count). The second kappa shape index (κ2) is 4.04. The first-order chi connectivity index (χ1) is 8.66. The quantitative estimate of drug-likeness (QED) is 0.780. The number of halogens is 1. The third-order valence-corrected chi connectivity index (χ3v) is 3.55. The van der Waals surface area contributed by atoms with Gasteiger partial charge in [-0.15, -0.1) is 0 Å². The number of rotatable bonds is 1. The van der Waals surface area contributed by atoms with Gasteiger partial charge >= 0.3 is 0 Å². The van der Waals surface area contributed by atoms with Crippen molar-refractivity contribution >= 4 is 11.8 Å². The van der Waals surface area contributed by atoms with Crippen LogP contribution < -0.4 is 5.32 Å². The van der Waals surface area contributed by atoms with Gasteiger partial charge in [-0.1, -0.05) is 0 Å². The number of carbonyl (C=O) groups excluding carboxylic acids is 2. The lowest BCUT2D eigenvalue weighted by atomic mass is 10.1. The van der Waals surface area contributed by atoms with E-state index in [1.807, 2.05) is 0 Å². The number of likely N-dealkylation sites (tertiary alicyclic amines) is 1. The van der Waals surface area contributed by atoms with E-state index in [0.717, 1.165) is 12.6 Å². The van der Waals surface area contributed by atoms with E-state index in [4.69, 9.17) is 0 Å². The molecule has 0 unspecified atom stereocenters. The van der Waals surface area contributed by atoms with Gasteiger partial charge in [0.2, 0.25) is 5.91 Å². The number of hydrogen-bond donors (Lipinski definition) is 1. The second-order valence-corrected chi connectivity index (χ2v) is 4.59. The number of carbonyl (C=O) groups is 2. The molecule has 2 fully saturated rings. The van der Waals surface area contributed by atoms with Crippen molar-refractivity contribution in [2.45, 2.75) is 24.9 Å². The van der Waals surface area contributed by atoms with Crippen LogP contribution in [0.1, 0.15) is 23.2 Å². The van der Waals surface area contributed by atoms with Crippen molar-refractivity contribution in [2.75, 3.05) is 6.54 Å². The fourth-order valence-corrected chi connectivity index (χ4v) is 2.69. The predicted molar refractivity (Wildman–Crippen MR) is 60.2 cm³/mol. The molecule has 3 heterocycles. The summed E-state index contributed by atoms with van der Waals surface area (Å²) >= 11 is 0. The van der Waals surface area contributed by atoms with Crippen molar-refractivity contribution in [1.29, 1.82) is 0 Å². The molecule has 0 aromatic carbocycles. The molecule has 5 nitrogen and oxygen atoms in total. The lowest BCUT2D eigenvalue weighted by Crippen LogP contribution is -2.38. The third kappa shape index (κ3) is 1.64. The number of hydrogen-bond acceptors (Lipinski definition) is 3. The van der Waals surface area contributed by atoms with E-state index >= 15 is 0 Å². The SMILES string of the molecule is O=C1C[C@H]2[C@@H](CCN2C(=O)c2ccncc2F)N1. The number of amides is 2. The summed E-state index contributed by atoms with van der Waals surface area (Å²) in [5.41, 5.74) is 0.0185. The van der Waals surface area contributed by atoms with E-state index in [9.17, 15) is 14.0 Å². The van der Waals surface area contributed by atoms with E-state index in [0.29, 0.717) is 13.0 Å². The first-order valence-electron chi connectivity index (χ1n) is 5.86. The molecule has 0 radical (unpaired) electrons. The average molecular weight is 249 g/mol. The van der Waals surface area contributed by atoms with Gasteiger partial charge in [0.15, 0.2) is 5.82 Å². The highest BCUT2D eigenvalue weighted by Crippen LogP contribution is 2.27. The fourth-order valence-electron chi connectivity index (χ4n) is 2.69. The van der Waals surface area contributed by atoms with Crippen molar-refractivity contribution in [1.82, 2.24) is 15.2 Å². The molecule has 0 aliphatic carbocycles. The fraction of sp³-hybridized carbons (Fsp3) is 0.417. The Morgan fingerprint density at radius 1 is 1.56 bits per heavy atom. The highest BCUT2D eigenvalue weighted by atomic mass is 19.1. The van der Waals surface area contributed by atoms with Crippen LogP contribution in [0.2, 0.25) is 0 Å². The summed E-state index contributed by atoms with van der Waals surface area (Å²) in [6.45, 7) is 0.552. The Morgan fingerprint density at radius 3 is 3.17 bits per heavy atom. The zero-order valence-corrected chi connectivity index (χ0v) is 9.60. The van der Waals surface area contributed by atoms with Gasteiger partial charge in [0.05, 0.1) is 23.8 Å². The molecular formula is C12H12FN3O2. The van der Waals surface area contributed by atoms with E-state index in [2.05, 4.69) is 10.3 Å². The number of pyridine rings is 1. The minimum absolute atomic E-state index is 0.0185. The average Bonchev–Trinajstić information content (AvgIpc) is 2.87. The zero-order chi connectivity index (χ0) is 12.7.